The molecule has 0 fully saturated rings. The monoisotopic (exact) mass is 212 g/mol. The van der Waals surface area contributed by atoms with Crippen molar-refractivity contribution in [2.45, 2.75) is 27.2 Å². The minimum atomic E-state index is -0.550. The van der Waals surface area contributed by atoms with E-state index in [1.807, 2.05) is 0 Å². The van der Waals surface area contributed by atoms with Crippen LogP contribution >= 0.6 is 0 Å². The van der Waals surface area contributed by atoms with Crippen molar-refractivity contribution < 1.29 is 19.1 Å². The van der Waals surface area contributed by atoms with Gasteiger partial charge in [-0.2, -0.15) is 0 Å². The standard InChI is InChI=1S/C11H16O4/c1-5-14-9(12)7-6-8-15-10(13)11(2,3)4/h5-6,8H,1,7H2,2-4H3. The van der Waals surface area contributed by atoms with E-state index < -0.39 is 11.4 Å². The zero-order valence-corrected chi connectivity index (χ0v) is 9.28. The zero-order chi connectivity index (χ0) is 11.9. The number of carbonyl (C=O) groups is 2. The smallest absolute Gasteiger partial charge is 0.316 e. The van der Waals surface area contributed by atoms with Gasteiger partial charge >= 0.3 is 11.9 Å². The maximum absolute atomic E-state index is 11.2. The molecule has 84 valence electrons. The van der Waals surface area contributed by atoms with Gasteiger partial charge in [0.15, 0.2) is 0 Å². The second-order valence-electron chi connectivity index (χ2n) is 3.89. The third kappa shape index (κ3) is 6.49. The van der Waals surface area contributed by atoms with Crippen molar-refractivity contribution in [1.29, 1.82) is 0 Å². The molecule has 0 spiro atoms. The fourth-order valence-corrected chi connectivity index (χ4v) is 0.572. The lowest BCUT2D eigenvalue weighted by atomic mass is 9.98. The first-order chi connectivity index (χ1) is 6.88. The van der Waals surface area contributed by atoms with Crippen LogP contribution in [0.15, 0.2) is 25.2 Å². The predicted molar refractivity (Wildman–Crippen MR) is 55.6 cm³/mol. The molecule has 0 heterocycles. The van der Waals surface area contributed by atoms with Crippen LogP contribution in [0.3, 0.4) is 0 Å². The lowest BCUT2D eigenvalue weighted by molar-refractivity contribution is -0.147. The van der Waals surface area contributed by atoms with Crippen molar-refractivity contribution in [3.8, 4) is 0 Å². The topological polar surface area (TPSA) is 52.6 Å². The Morgan fingerprint density at radius 1 is 1.27 bits per heavy atom. The molecule has 15 heavy (non-hydrogen) atoms. The largest absolute Gasteiger partial charge is 0.435 e. The summed E-state index contributed by atoms with van der Waals surface area (Å²) >= 11 is 0. The van der Waals surface area contributed by atoms with E-state index in [0.717, 1.165) is 6.26 Å². The van der Waals surface area contributed by atoms with Crippen molar-refractivity contribution >= 4 is 11.9 Å². The van der Waals surface area contributed by atoms with Gasteiger partial charge in [0.1, 0.15) is 0 Å². The molecule has 4 nitrogen and oxygen atoms in total. The van der Waals surface area contributed by atoms with E-state index in [0.29, 0.717) is 0 Å². The van der Waals surface area contributed by atoms with Crippen molar-refractivity contribution in [2.24, 2.45) is 5.41 Å². The van der Waals surface area contributed by atoms with E-state index in [1.54, 1.807) is 20.8 Å². The first kappa shape index (κ1) is 13.4. The van der Waals surface area contributed by atoms with Crippen LogP contribution in [0.25, 0.3) is 0 Å². The summed E-state index contributed by atoms with van der Waals surface area (Å²) in [5, 5.41) is 0. The van der Waals surface area contributed by atoms with Crippen molar-refractivity contribution in [2.75, 3.05) is 0 Å². The molecule has 0 aliphatic rings. The summed E-state index contributed by atoms with van der Waals surface area (Å²) in [6, 6.07) is 0. The molecular weight excluding hydrogens is 196 g/mol. The Morgan fingerprint density at radius 2 is 1.87 bits per heavy atom. The Hall–Kier alpha value is -1.58. The lowest BCUT2D eigenvalue weighted by Crippen LogP contribution is -2.20. The molecule has 0 amide bonds. The van der Waals surface area contributed by atoms with Crippen LogP contribution < -0.4 is 0 Å². The molecular formula is C11H16O4. The molecule has 0 saturated carbocycles. The summed E-state index contributed by atoms with van der Waals surface area (Å²) in [5.41, 5.74) is -0.550. The van der Waals surface area contributed by atoms with E-state index in [-0.39, 0.29) is 12.4 Å². The van der Waals surface area contributed by atoms with Crippen LogP contribution in [0.4, 0.5) is 0 Å². The van der Waals surface area contributed by atoms with Crippen molar-refractivity contribution in [3.63, 3.8) is 0 Å². The summed E-state index contributed by atoms with van der Waals surface area (Å²) in [7, 11) is 0. The van der Waals surface area contributed by atoms with E-state index >= 15 is 0 Å². The molecule has 0 rings (SSSR count). The number of ether oxygens (including phenoxy) is 2. The van der Waals surface area contributed by atoms with Gasteiger partial charge in [0, 0.05) is 0 Å². The predicted octanol–water partition coefficient (Wildman–Crippen LogP) is 2.17. The Labute approximate surface area is 89.6 Å². The number of hydrogen-bond acceptors (Lipinski definition) is 4. The summed E-state index contributed by atoms with van der Waals surface area (Å²) < 4.78 is 9.23. The second kappa shape index (κ2) is 6.01. The molecule has 0 saturated heterocycles. The third-order valence-corrected chi connectivity index (χ3v) is 1.38. The van der Waals surface area contributed by atoms with E-state index in [2.05, 4.69) is 11.3 Å². The van der Waals surface area contributed by atoms with Crippen LogP contribution in [0.5, 0.6) is 0 Å². The SMILES string of the molecule is C=COC(=O)CC=COC(=O)C(C)(C)C. The summed E-state index contributed by atoms with van der Waals surface area (Å²) in [6.07, 6.45) is 3.70. The van der Waals surface area contributed by atoms with Gasteiger partial charge in [0.05, 0.1) is 24.4 Å². The average molecular weight is 212 g/mol. The molecule has 0 N–H and O–H groups in total. The van der Waals surface area contributed by atoms with Gasteiger partial charge < -0.3 is 9.47 Å². The number of carbonyl (C=O) groups excluding carboxylic acids is 2. The van der Waals surface area contributed by atoms with Crippen LogP contribution in [-0.4, -0.2) is 11.9 Å². The van der Waals surface area contributed by atoms with Gasteiger partial charge in [-0.1, -0.05) is 6.58 Å². The van der Waals surface area contributed by atoms with Gasteiger partial charge in [-0.25, -0.2) is 0 Å². The van der Waals surface area contributed by atoms with Crippen LogP contribution in [0, 0.1) is 5.41 Å². The molecule has 0 unspecified atom stereocenters. The number of rotatable bonds is 4. The fourth-order valence-electron chi connectivity index (χ4n) is 0.572. The van der Waals surface area contributed by atoms with Crippen molar-refractivity contribution in [3.05, 3.63) is 25.2 Å². The normalized spacial score (nSPS) is 11.1. The highest BCUT2D eigenvalue weighted by Crippen LogP contribution is 2.15. The average Bonchev–Trinajstić information content (AvgIpc) is 2.11. The highest BCUT2D eigenvalue weighted by atomic mass is 16.5. The van der Waals surface area contributed by atoms with E-state index in [4.69, 9.17) is 4.74 Å². The van der Waals surface area contributed by atoms with Gasteiger partial charge in [0.25, 0.3) is 0 Å². The number of hydrogen-bond donors (Lipinski definition) is 0. The van der Waals surface area contributed by atoms with E-state index in [9.17, 15) is 9.59 Å². The first-order valence-electron chi connectivity index (χ1n) is 4.54. The van der Waals surface area contributed by atoms with Crippen molar-refractivity contribution in [1.82, 2.24) is 0 Å². The minimum absolute atomic E-state index is 0.0451. The molecule has 0 aliphatic heterocycles. The maximum atomic E-state index is 11.2. The Morgan fingerprint density at radius 3 is 2.33 bits per heavy atom. The zero-order valence-electron chi connectivity index (χ0n) is 9.28. The quantitative estimate of drug-likeness (QED) is 0.529. The summed E-state index contributed by atoms with van der Waals surface area (Å²) in [4.78, 5) is 22.0. The molecule has 4 heteroatoms. The van der Waals surface area contributed by atoms with Gasteiger partial charge in [-0.05, 0) is 26.8 Å². The van der Waals surface area contributed by atoms with Gasteiger partial charge in [-0.15, -0.1) is 0 Å². The molecule has 0 aliphatic carbocycles. The van der Waals surface area contributed by atoms with Gasteiger partial charge in [-0.3, -0.25) is 9.59 Å². The molecule has 0 aromatic carbocycles. The Bertz CT molecular complexity index is 271. The van der Waals surface area contributed by atoms with Crippen LogP contribution in [0.2, 0.25) is 0 Å². The third-order valence-electron chi connectivity index (χ3n) is 1.38. The molecule has 0 bridgehead atoms. The molecule has 0 aromatic heterocycles. The fraction of sp³-hybridized carbons (Fsp3) is 0.455. The number of esters is 2. The van der Waals surface area contributed by atoms with Crippen LogP contribution in [-0.2, 0) is 19.1 Å². The molecule has 0 radical (unpaired) electrons. The highest BCUT2D eigenvalue weighted by molar-refractivity contribution is 5.76. The van der Waals surface area contributed by atoms with Crippen LogP contribution in [0.1, 0.15) is 27.2 Å². The molecule has 0 aromatic rings. The maximum Gasteiger partial charge on any atom is 0.316 e. The van der Waals surface area contributed by atoms with Gasteiger partial charge in [0.2, 0.25) is 0 Å². The molecule has 0 atom stereocenters. The van der Waals surface area contributed by atoms with E-state index in [1.165, 1.54) is 12.3 Å². The minimum Gasteiger partial charge on any atom is -0.435 e. The Balaban J connectivity index is 3.86. The summed E-state index contributed by atoms with van der Waals surface area (Å²) in [5.74, 6) is -0.802. The summed E-state index contributed by atoms with van der Waals surface area (Å²) in [6.45, 7) is 8.47. The highest BCUT2D eigenvalue weighted by Gasteiger charge is 2.22. The first-order valence-corrected chi connectivity index (χ1v) is 4.54. The lowest BCUT2D eigenvalue weighted by Gasteiger charge is -2.13. The Kier molecular flexibility index (Phi) is 5.37. The second-order valence-corrected chi connectivity index (χ2v) is 3.89.